The first-order valence-electron chi connectivity index (χ1n) is 7.66. The number of halogens is 1. The Morgan fingerprint density at radius 3 is 2.48 bits per heavy atom. The first-order valence-corrected chi connectivity index (χ1v) is 8.45. The maximum Gasteiger partial charge on any atom is 0.142 e. The predicted octanol–water partition coefficient (Wildman–Crippen LogP) is 4.95. The van der Waals surface area contributed by atoms with Crippen LogP contribution in [0.15, 0.2) is 53.0 Å². The van der Waals surface area contributed by atoms with Gasteiger partial charge in [-0.05, 0) is 30.7 Å². The van der Waals surface area contributed by atoms with E-state index in [0.29, 0.717) is 11.3 Å². The molecule has 0 bridgehead atoms. The smallest absolute Gasteiger partial charge is 0.142 e. The summed E-state index contributed by atoms with van der Waals surface area (Å²) in [6.07, 6.45) is 0. The highest BCUT2D eigenvalue weighted by atomic mass is 79.9. The molecule has 3 aromatic rings. The monoisotopic (exact) mass is 393 g/mol. The lowest BCUT2D eigenvalue weighted by atomic mass is 9.89. The molecule has 0 aliphatic rings. The topological polar surface area (TPSA) is 71.9 Å². The number of aromatic nitrogens is 1. The molecule has 0 spiro atoms. The zero-order chi connectivity index (χ0) is 18.0. The highest BCUT2D eigenvalue weighted by Gasteiger charge is 2.22. The number of anilines is 1. The van der Waals surface area contributed by atoms with E-state index in [4.69, 9.17) is 10.5 Å². The van der Waals surface area contributed by atoms with Crippen LogP contribution in [-0.2, 0) is 0 Å². The quantitative estimate of drug-likeness (QED) is 0.682. The van der Waals surface area contributed by atoms with Crippen molar-refractivity contribution < 1.29 is 4.74 Å². The van der Waals surface area contributed by atoms with Crippen LogP contribution in [0.1, 0.15) is 11.3 Å². The molecular formula is C20H16BrN3O. The lowest BCUT2D eigenvalue weighted by Gasteiger charge is -2.18. The van der Waals surface area contributed by atoms with E-state index in [1.165, 1.54) is 0 Å². The maximum atomic E-state index is 9.73. The van der Waals surface area contributed by atoms with E-state index in [2.05, 4.69) is 27.0 Å². The predicted molar refractivity (Wildman–Crippen MR) is 103 cm³/mol. The molecule has 0 aliphatic carbocycles. The van der Waals surface area contributed by atoms with Crippen LogP contribution < -0.4 is 10.5 Å². The van der Waals surface area contributed by atoms with Gasteiger partial charge in [-0.1, -0.05) is 46.3 Å². The molecule has 2 N–H and O–H groups in total. The van der Waals surface area contributed by atoms with Crippen LogP contribution in [0.5, 0.6) is 5.75 Å². The number of ether oxygens (including phenoxy) is 1. The van der Waals surface area contributed by atoms with Crippen molar-refractivity contribution in [3.8, 4) is 34.1 Å². The molecule has 4 nitrogen and oxygen atoms in total. The first kappa shape index (κ1) is 17.0. The van der Waals surface area contributed by atoms with Gasteiger partial charge >= 0.3 is 0 Å². The molecular weight excluding hydrogens is 378 g/mol. The van der Waals surface area contributed by atoms with Crippen LogP contribution in [0.25, 0.3) is 22.3 Å². The Hall–Kier alpha value is -2.84. The zero-order valence-corrected chi connectivity index (χ0v) is 15.5. The molecule has 25 heavy (non-hydrogen) atoms. The van der Waals surface area contributed by atoms with Crippen molar-refractivity contribution >= 4 is 21.7 Å². The highest BCUT2D eigenvalue weighted by molar-refractivity contribution is 9.10. The summed E-state index contributed by atoms with van der Waals surface area (Å²) < 4.78 is 6.42. The number of benzene rings is 2. The van der Waals surface area contributed by atoms with E-state index in [-0.39, 0.29) is 5.82 Å². The van der Waals surface area contributed by atoms with Crippen molar-refractivity contribution in [1.82, 2.24) is 4.98 Å². The molecule has 0 saturated carbocycles. The standard InChI is InChI=1S/C20H16BrN3O/c1-12-18(13-6-4-3-5-7-13)19(16(11-22)20(23)24-12)15-10-14(21)8-9-17(15)25-2/h3-10H,1-2H3,(H2,23,24). The molecule has 0 radical (unpaired) electrons. The number of hydrogen-bond acceptors (Lipinski definition) is 4. The summed E-state index contributed by atoms with van der Waals surface area (Å²) in [6.45, 7) is 1.90. The summed E-state index contributed by atoms with van der Waals surface area (Å²) in [4.78, 5) is 4.39. The molecule has 1 heterocycles. The molecule has 3 rings (SSSR count). The van der Waals surface area contributed by atoms with Crippen molar-refractivity contribution in [2.75, 3.05) is 12.8 Å². The van der Waals surface area contributed by atoms with Gasteiger partial charge in [-0.15, -0.1) is 0 Å². The Kier molecular flexibility index (Phi) is 4.73. The number of hydrogen-bond donors (Lipinski definition) is 1. The highest BCUT2D eigenvalue weighted by Crippen LogP contribution is 2.43. The second kappa shape index (κ2) is 6.96. The van der Waals surface area contributed by atoms with Crippen LogP contribution in [0.2, 0.25) is 0 Å². The van der Waals surface area contributed by atoms with E-state index in [9.17, 15) is 5.26 Å². The summed E-state index contributed by atoms with van der Waals surface area (Å²) in [5, 5.41) is 9.73. The van der Waals surface area contributed by atoms with Gasteiger partial charge in [-0.3, -0.25) is 0 Å². The summed E-state index contributed by atoms with van der Waals surface area (Å²) in [7, 11) is 1.61. The third-order valence-electron chi connectivity index (χ3n) is 4.01. The molecule has 124 valence electrons. The summed E-state index contributed by atoms with van der Waals surface area (Å²) in [5.41, 5.74) is 10.6. The SMILES string of the molecule is COc1ccc(Br)cc1-c1c(C#N)c(N)nc(C)c1-c1ccccc1. The van der Waals surface area contributed by atoms with Crippen molar-refractivity contribution in [3.05, 3.63) is 64.3 Å². The van der Waals surface area contributed by atoms with Gasteiger partial charge < -0.3 is 10.5 Å². The minimum atomic E-state index is 0.219. The van der Waals surface area contributed by atoms with Crippen LogP contribution in [0.3, 0.4) is 0 Å². The molecule has 0 unspecified atom stereocenters. The van der Waals surface area contributed by atoms with Crippen LogP contribution in [0.4, 0.5) is 5.82 Å². The third-order valence-corrected chi connectivity index (χ3v) is 4.50. The minimum Gasteiger partial charge on any atom is -0.496 e. The van der Waals surface area contributed by atoms with Crippen molar-refractivity contribution in [2.24, 2.45) is 0 Å². The maximum absolute atomic E-state index is 9.73. The van der Waals surface area contributed by atoms with E-state index < -0.39 is 0 Å². The minimum absolute atomic E-state index is 0.219. The zero-order valence-electron chi connectivity index (χ0n) is 13.9. The van der Waals surface area contributed by atoms with Gasteiger partial charge in [0.15, 0.2) is 0 Å². The van der Waals surface area contributed by atoms with E-state index >= 15 is 0 Å². The number of nitrogens with zero attached hydrogens (tertiary/aromatic N) is 2. The molecule has 0 amide bonds. The molecule has 5 heteroatoms. The normalized spacial score (nSPS) is 10.3. The van der Waals surface area contributed by atoms with E-state index in [0.717, 1.165) is 32.4 Å². The van der Waals surface area contributed by atoms with Gasteiger partial charge in [0.1, 0.15) is 23.2 Å². The van der Waals surface area contributed by atoms with Crippen LogP contribution in [0, 0.1) is 18.3 Å². The van der Waals surface area contributed by atoms with Crippen LogP contribution in [-0.4, -0.2) is 12.1 Å². The molecule has 1 aromatic heterocycles. The second-order valence-corrected chi connectivity index (χ2v) is 6.45. The number of nitrogens with two attached hydrogens (primary N) is 1. The Balaban J connectivity index is 2.47. The number of aryl methyl sites for hydroxylation is 1. The molecule has 0 fully saturated rings. The van der Waals surface area contributed by atoms with Gasteiger partial charge in [-0.2, -0.15) is 5.26 Å². The Bertz CT molecular complexity index is 978. The first-order chi connectivity index (χ1) is 12.1. The van der Waals surface area contributed by atoms with Crippen molar-refractivity contribution in [1.29, 1.82) is 5.26 Å². The van der Waals surface area contributed by atoms with Crippen molar-refractivity contribution in [3.63, 3.8) is 0 Å². The lowest BCUT2D eigenvalue weighted by molar-refractivity contribution is 0.416. The summed E-state index contributed by atoms with van der Waals surface area (Å²) >= 11 is 3.50. The third kappa shape index (κ3) is 3.09. The number of rotatable bonds is 3. The fraction of sp³-hybridized carbons (Fsp3) is 0.100. The van der Waals surface area contributed by atoms with Gasteiger partial charge in [0.05, 0.1) is 7.11 Å². The number of nitriles is 1. The van der Waals surface area contributed by atoms with Crippen LogP contribution >= 0.6 is 15.9 Å². The number of nitrogen functional groups attached to an aromatic ring is 1. The fourth-order valence-corrected chi connectivity index (χ4v) is 3.30. The molecule has 0 aliphatic heterocycles. The molecule has 2 aromatic carbocycles. The Morgan fingerprint density at radius 2 is 1.84 bits per heavy atom. The van der Waals surface area contributed by atoms with Gasteiger partial charge in [0.25, 0.3) is 0 Å². The summed E-state index contributed by atoms with van der Waals surface area (Å²) in [5.74, 6) is 0.888. The summed E-state index contributed by atoms with van der Waals surface area (Å²) in [6, 6.07) is 17.8. The average molecular weight is 394 g/mol. The molecule has 0 saturated heterocycles. The van der Waals surface area contributed by atoms with Gasteiger partial charge in [0.2, 0.25) is 0 Å². The second-order valence-electron chi connectivity index (χ2n) is 5.53. The molecule has 0 atom stereocenters. The Morgan fingerprint density at radius 1 is 1.12 bits per heavy atom. The largest absolute Gasteiger partial charge is 0.496 e. The van der Waals surface area contributed by atoms with E-state index in [1.54, 1.807) is 7.11 Å². The average Bonchev–Trinajstić information content (AvgIpc) is 2.61. The fourth-order valence-electron chi connectivity index (χ4n) is 2.94. The lowest BCUT2D eigenvalue weighted by Crippen LogP contribution is -2.04. The van der Waals surface area contributed by atoms with Gasteiger partial charge in [-0.25, -0.2) is 4.98 Å². The van der Waals surface area contributed by atoms with Crippen molar-refractivity contribution in [2.45, 2.75) is 6.92 Å². The van der Waals surface area contributed by atoms with Gasteiger partial charge in [0, 0.05) is 26.9 Å². The number of methoxy groups -OCH3 is 1. The Labute approximate surface area is 155 Å². The van der Waals surface area contributed by atoms with E-state index in [1.807, 2.05) is 55.5 Å². The number of pyridine rings is 1.